The summed E-state index contributed by atoms with van der Waals surface area (Å²) < 4.78 is 32.5. The SMILES string of the molecule is C[C@@H]1CCn2nc(-c3cnn(C(F)F)c3)c(C(=O)O)c2O1. The Labute approximate surface area is 117 Å². The maximum Gasteiger partial charge on any atom is 0.343 e. The van der Waals surface area contributed by atoms with Crippen LogP contribution in [0, 0.1) is 0 Å². The molecule has 0 fully saturated rings. The molecule has 1 aliphatic heterocycles. The Morgan fingerprint density at radius 2 is 2.33 bits per heavy atom. The number of hydrogen-bond donors (Lipinski definition) is 1. The fourth-order valence-electron chi connectivity index (χ4n) is 2.23. The monoisotopic (exact) mass is 298 g/mol. The average Bonchev–Trinajstić information content (AvgIpc) is 3.01. The molecule has 1 N–H and O–H groups in total. The zero-order valence-corrected chi connectivity index (χ0v) is 11.0. The van der Waals surface area contributed by atoms with Gasteiger partial charge in [0.1, 0.15) is 11.3 Å². The standard InChI is InChI=1S/C12H12F2N4O3/c1-6-2-3-17-10(21-6)8(11(19)20)9(16-17)7-4-15-18(5-7)12(13)14/h4-6,12H,2-3H2,1H3,(H,19,20)/t6-/m1/s1. The summed E-state index contributed by atoms with van der Waals surface area (Å²) in [6.07, 6.45) is 2.80. The van der Waals surface area contributed by atoms with Gasteiger partial charge in [-0.15, -0.1) is 0 Å². The Morgan fingerprint density at radius 3 is 2.95 bits per heavy atom. The molecular weight excluding hydrogens is 286 g/mol. The summed E-state index contributed by atoms with van der Waals surface area (Å²) in [7, 11) is 0. The van der Waals surface area contributed by atoms with Crippen LogP contribution in [0.5, 0.6) is 5.88 Å². The van der Waals surface area contributed by atoms with Crippen LogP contribution < -0.4 is 4.74 Å². The van der Waals surface area contributed by atoms with Crippen LogP contribution >= 0.6 is 0 Å². The maximum absolute atomic E-state index is 12.6. The summed E-state index contributed by atoms with van der Waals surface area (Å²) in [6, 6.07) is 0. The number of carbonyl (C=O) groups is 1. The van der Waals surface area contributed by atoms with Crippen molar-refractivity contribution in [1.82, 2.24) is 19.6 Å². The summed E-state index contributed by atoms with van der Waals surface area (Å²) in [4.78, 5) is 11.5. The van der Waals surface area contributed by atoms with E-state index in [1.54, 1.807) is 0 Å². The van der Waals surface area contributed by atoms with Crippen molar-refractivity contribution >= 4 is 5.97 Å². The number of aryl methyl sites for hydroxylation is 1. The van der Waals surface area contributed by atoms with Crippen LogP contribution in [0.15, 0.2) is 12.4 Å². The number of hydrogen-bond acceptors (Lipinski definition) is 4. The number of rotatable bonds is 3. The minimum atomic E-state index is -2.79. The first-order valence-electron chi connectivity index (χ1n) is 6.30. The highest BCUT2D eigenvalue weighted by Gasteiger charge is 2.30. The van der Waals surface area contributed by atoms with E-state index in [4.69, 9.17) is 4.74 Å². The fraction of sp³-hybridized carbons (Fsp3) is 0.417. The van der Waals surface area contributed by atoms with Crippen LogP contribution in [0.2, 0.25) is 0 Å². The second-order valence-corrected chi connectivity index (χ2v) is 4.76. The highest BCUT2D eigenvalue weighted by Crippen LogP contribution is 2.34. The van der Waals surface area contributed by atoms with Crippen molar-refractivity contribution in [2.24, 2.45) is 0 Å². The second-order valence-electron chi connectivity index (χ2n) is 4.76. The molecule has 3 heterocycles. The van der Waals surface area contributed by atoms with Gasteiger partial charge in [-0.05, 0) is 6.92 Å². The summed E-state index contributed by atoms with van der Waals surface area (Å²) >= 11 is 0. The van der Waals surface area contributed by atoms with Gasteiger partial charge in [-0.1, -0.05) is 0 Å². The lowest BCUT2D eigenvalue weighted by Crippen LogP contribution is -2.24. The van der Waals surface area contributed by atoms with Gasteiger partial charge in [-0.3, -0.25) is 0 Å². The average molecular weight is 298 g/mol. The van der Waals surface area contributed by atoms with E-state index in [9.17, 15) is 18.7 Å². The van der Waals surface area contributed by atoms with Crippen molar-refractivity contribution in [2.45, 2.75) is 32.5 Å². The predicted octanol–water partition coefficient (Wildman–Crippen LogP) is 2.01. The van der Waals surface area contributed by atoms with Crippen LogP contribution in [-0.4, -0.2) is 36.7 Å². The van der Waals surface area contributed by atoms with Crippen LogP contribution in [0.1, 0.15) is 30.3 Å². The number of nitrogens with zero attached hydrogens (tertiary/aromatic N) is 4. The molecule has 0 saturated heterocycles. The minimum absolute atomic E-state index is 0.0819. The third-order valence-corrected chi connectivity index (χ3v) is 3.25. The first-order valence-corrected chi connectivity index (χ1v) is 6.30. The fourth-order valence-corrected chi connectivity index (χ4v) is 2.23. The van der Waals surface area contributed by atoms with Gasteiger partial charge < -0.3 is 9.84 Å². The van der Waals surface area contributed by atoms with E-state index in [0.717, 1.165) is 12.4 Å². The number of carboxylic acid groups (broad SMARTS) is 1. The van der Waals surface area contributed by atoms with Gasteiger partial charge >= 0.3 is 12.5 Å². The van der Waals surface area contributed by atoms with Gasteiger partial charge in [0.05, 0.1) is 12.3 Å². The molecule has 1 atom stereocenters. The van der Waals surface area contributed by atoms with Crippen LogP contribution in [-0.2, 0) is 6.54 Å². The van der Waals surface area contributed by atoms with Crippen molar-refractivity contribution in [1.29, 1.82) is 0 Å². The van der Waals surface area contributed by atoms with E-state index in [2.05, 4.69) is 10.2 Å². The Kier molecular flexibility index (Phi) is 3.11. The molecule has 112 valence electrons. The van der Waals surface area contributed by atoms with Crippen molar-refractivity contribution in [3.05, 3.63) is 18.0 Å². The molecule has 3 rings (SSSR count). The normalized spacial score (nSPS) is 17.6. The van der Waals surface area contributed by atoms with Gasteiger partial charge in [-0.2, -0.15) is 19.0 Å². The molecule has 21 heavy (non-hydrogen) atoms. The quantitative estimate of drug-likeness (QED) is 0.937. The second kappa shape index (κ2) is 4.83. The zero-order valence-electron chi connectivity index (χ0n) is 11.0. The number of halogens is 2. The lowest BCUT2D eigenvalue weighted by atomic mass is 10.1. The molecule has 0 radical (unpaired) electrons. The number of ether oxygens (including phenoxy) is 1. The molecule has 7 nitrogen and oxygen atoms in total. The van der Waals surface area contributed by atoms with E-state index in [-0.39, 0.29) is 28.8 Å². The highest BCUT2D eigenvalue weighted by molar-refractivity contribution is 5.97. The lowest BCUT2D eigenvalue weighted by molar-refractivity contribution is 0.0566. The third-order valence-electron chi connectivity index (χ3n) is 3.25. The lowest BCUT2D eigenvalue weighted by Gasteiger charge is -2.21. The Morgan fingerprint density at radius 1 is 1.57 bits per heavy atom. The van der Waals surface area contributed by atoms with Crippen molar-refractivity contribution in [2.75, 3.05) is 0 Å². The minimum Gasteiger partial charge on any atom is -0.477 e. The maximum atomic E-state index is 12.6. The molecule has 2 aromatic heterocycles. The molecule has 0 spiro atoms. The first kappa shape index (κ1) is 13.5. The van der Waals surface area contributed by atoms with E-state index < -0.39 is 12.5 Å². The van der Waals surface area contributed by atoms with Gasteiger partial charge in [0.15, 0.2) is 0 Å². The molecule has 0 aromatic carbocycles. The van der Waals surface area contributed by atoms with Gasteiger partial charge in [0.25, 0.3) is 0 Å². The van der Waals surface area contributed by atoms with E-state index >= 15 is 0 Å². The van der Waals surface area contributed by atoms with E-state index in [0.29, 0.717) is 17.6 Å². The van der Waals surface area contributed by atoms with Crippen LogP contribution in [0.25, 0.3) is 11.3 Å². The number of alkyl halides is 2. The topological polar surface area (TPSA) is 82.2 Å². The van der Waals surface area contributed by atoms with Crippen LogP contribution in [0.3, 0.4) is 0 Å². The molecule has 0 unspecified atom stereocenters. The number of fused-ring (bicyclic) bond motifs is 1. The van der Waals surface area contributed by atoms with E-state index in [1.165, 1.54) is 4.68 Å². The van der Waals surface area contributed by atoms with Gasteiger partial charge in [0, 0.05) is 24.7 Å². The van der Waals surface area contributed by atoms with Crippen LogP contribution in [0.4, 0.5) is 8.78 Å². The number of aromatic nitrogens is 4. The zero-order chi connectivity index (χ0) is 15.1. The van der Waals surface area contributed by atoms with Crippen molar-refractivity contribution in [3.8, 4) is 17.1 Å². The van der Waals surface area contributed by atoms with Gasteiger partial charge in [0.2, 0.25) is 5.88 Å². The molecule has 9 heteroatoms. The Balaban J connectivity index is 2.11. The van der Waals surface area contributed by atoms with Crippen molar-refractivity contribution < 1.29 is 23.4 Å². The molecule has 1 aliphatic rings. The van der Waals surface area contributed by atoms with E-state index in [1.807, 2.05) is 6.92 Å². The highest BCUT2D eigenvalue weighted by atomic mass is 19.3. The molecule has 0 amide bonds. The molecule has 0 aliphatic carbocycles. The Bertz CT molecular complexity index is 695. The molecular formula is C12H12F2N4O3. The Hall–Kier alpha value is -2.45. The third kappa shape index (κ3) is 2.24. The predicted molar refractivity (Wildman–Crippen MR) is 66.4 cm³/mol. The molecule has 0 bridgehead atoms. The first-order chi connectivity index (χ1) is 9.97. The number of aromatic carboxylic acids is 1. The largest absolute Gasteiger partial charge is 0.477 e. The summed E-state index contributed by atoms with van der Waals surface area (Å²) in [6.45, 7) is -0.448. The summed E-state index contributed by atoms with van der Waals surface area (Å²) in [5, 5.41) is 17.0. The number of carboxylic acids is 1. The summed E-state index contributed by atoms with van der Waals surface area (Å²) in [5.74, 6) is -1.06. The van der Waals surface area contributed by atoms with Gasteiger partial charge in [-0.25, -0.2) is 14.2 Å². The van der Waals surface area contributed by atoms with Crippen molar-refractivity contribution in [3.63, 3.8) is 0 Å². The molecule has 0 saturated carbocycles. The smallest absolute Gasteiger partial charge is 0.343 e. The molecule has 2 aromatic rings. The summed E-state index contributed by atoms with van der Waals surface area (Å²) in [5.41, 5.74) is 0.166.